The van der Waals surface area contributed by atoms with Crippen LogP contribution in [0.25, 0.3) is 10.9 Å². The summed E-state index contributed by atoms with van der Waals surface area (Å²) in [7, 11) is 2.97. The smallest absolute Gasteiger partial charge is 0.291 e. The zero-order chi connectivity index (χ0) is 17.4. The quantitative estimate of drug-likeness (QED) is 0.887. The number of halogens is 1. The van der Waals surface area contributed by atoms with Crippen molar-refractivity contribution in [3.63, 3.8) is 0 Å². The third kappa shape index (κ3) is 2.32. The minimum atomic E-state index is -0.633. The van der Waals surface area contributed by atoms with Crippen molar-refractivity contribution in [2.24, 2.45) is 9.98 Å². The van der Waals surface area contributed by atoms with E-state index in [0.717, 1.165) is 6.42 Å². The molecule has 0 unspecified atom stereocenters. The molecule has 7 nitrogen and oxygen atoms in total. The number of methoxy groups -OCH3 is 2. The lowest BCUT2D eigenvalue weighted by Gasteiger charge is -2.20. The fraction of sp³-hybridized carbons (Fsp3) is 0.312. The van der Waals surface area contributed by atoms with Crippen LogP contribution in [0.1, 0.15) is 18.9 Å². The standard InChI is InChI=1S/C16H16ClN3O4/c1-4-5-18-12-10-9-7(19-16(22)13(10)21)6-8(23-2)14(24-3)11(9)20-15(12)17/h6,21H,4-5H2,1-3H3,(H,19,22). The van der Waals surface area contributed by atoms with Gasteiger partial charge in [0.05, 0.1) is 25.3 Å². The van der Waals surface area contributed by atoms with E-state index in [1.54, 1.807) is 6.07 Å². The molecule has 126 valence electrons. The van der Waals surface area contributed by atoms with Crippen LogP contribution in [0.15, 0.2) is 20.8 Å². The molecule has 0 saturated carbocycles. The summed E-state index contributed by atoms with van der Waals surface area (Å²) < 4.78 is 10.7. The lowest BCUT2D eigenvalue weighted by Crippen LogP contribution is -2.20. The molecule has 2 heterocycles. The second-order valence-corrected chi connectivity index (χ2v) is 5.55. The van der Waals surface area contributed by atoms with Gasteiger partial charge in [0.2, 0.25) is 0 Å². The van der Waals surface area contributed by atoms with Crippen LogP contribution in [0, 0.1) is 0 Å². The van der Waals surface area contributed by atoms with Gasteiger partial charge in [0.15, 0.2) is 22.4 Å². The van der Waals surface area contributed by atoms with Gasteiger partial charge in [-0.05, 0) is 6.42 Å². The summed E-state index contributed by atoms with van der Waals surface area (Å²) in [6, 6.07) is 1.62. The Morgan fingerprint density at radius 2 is 2.12 bits per heavy atom. The lowest BCUT2D eigenvalue weighted by atomic mass is 9.98. The Morgan fingerprint density at radius 3 is 2.75 bits per heavy atom. The first-order valence-electron chi connectivity index (χ1n) is 7.36. The number of benzene rings is 1. The van der Waals surface area contributed by atoms with Crippen molar-refractivity contribution >= 4 is 39.1 Å². The SMILES string of the molecule is CCCN=C1C(Cl)=Nc2c(OC)c(OC)cc3[nH]c(=O)c(O)c1c23. The molecule has 0 saturated heterocycles. The average Bonchev–Trinajstić information content (AvgIpc) is 2.57. The van der Waals surface area contributed by atoms with Gasteiger partial charge in [-0.3, -0.25) is 9.79 Å². The molecule has 0 fully saturated rings. The maximum Gasteiger partial charge on any atom is 0.291 e. The van der Waals surface area contributed by atoms with Crippen molar-refractivity contribution in [3.8, 4) is 17.2 Å². The van der Waals surface area contributed by atoms with Crippen LogP contribution in [-0.4, -0.2) is 41.7 Å². The molecule has 1 aromatic heterocycles. The van der Waals surface area contributed by atoms with Gasteiger partial charge in [0.25, 0.3) is 5.56 Å². The van der Waals surface area contributed by atoms with E-state index in [0.29, 0.717) is 40.3 Å². The first-order chi connectivity index (χ1) is 11.5. The summed E-state index contributed by atoms with van der Waals surface area (Å²) in [4.78, 5) is 23.5. The fourth-order valence-corrected chi connectivity index (χ4v) is 2.94. The Kier molecular flexibility index (Phi) is 4.19. The molecule has 2 N–H and O–H groups in total. The number of aliphatic imine (C=N–C) groups is 2. The highest BCUT2D eigenvalue weighted by Crippen LogP contribution is 2.47. The van der Waals surface area contributed by atoms with Crippen LogP contribution < -0.4 is 15.0 Å². The minimum absolute atomic E-state index is 0.0877. The van der Waals surface area contributed by atoms with Gasteiger partial charge in [-0.15, -0.1) is 0 Å². The third-order valence-electron chi connectivity index (χ3n) is 3.73. The van der Waals surface area contributed by atoms with E-state index >= 15 is 0 Å². The lowest BCUT2D eigenvalue weighted by molar-refractivity contribution is 0.356. The van der Waals surface area contributed by atoms with E-state index in [2.05, 4.69) is 15.0 Å². The number of nitrogens with one attached hydrogen (secondary N) is 1. The molecule has 0 atom stereocenters. The number of rotatable bonds is 4. The largest absolute Gasteiger partial charge is 0.503 e. The number of H-pyrrole nitrogens is 1. The number of hydrogen-bond donors (Lipinski definition) is 2. The van der Waals surface area contributed by atoms with Crippen LogP contribution in [0.2, 0.25) is 0 Å². The van der Waals surface area contributed by atoms with Gasteiger partial charge in [0, 0.05) is 18.0 Å². The molecule has 0 spiro atoms. The van der Waals surface area contributed by atoms with E-state index < -0.39 is 11.3 Å². The summed E-state index contributed by atoms with van der Waals surface area (Å²) in [6.07, 6.45) is 0.791. The minimum Gasteiger partial charge on any atom is -0.503 e. The molecule has 0 bridgehead atoms. The molecule has 0 radical (unpaired) electrons. The average molecular weight is 350 g/mol. The number of ether oxygens (including phenoxy) is 2. The van der Waals surface area contributed by atoms with Gasteiger partial charge in [-0.1, -0.05) is 18.5 Å². The molecule has 2 aromatic rings. The number of nitrogens with zero attached hydrogens (tertiary/aromatic N) is 2. The van der Waals surface area contributed by atoms with Crippen molar-refractivity contribution < 1.29 is 14.6 Å². The molecule has 1 aliphatic heterocycles. The second-order valence-electron chi connectivity index (χ2n) is 5.19. The summed E-state index contributed by atoms with van der Waals surface area (Å²) >= 11 is 6.28. The Labute approximate surface area is 142 Å². The molecule has 1 aromatic carbocycles. The molecule has 24 heavy (non-hydrogen) atoms. The molecular weight excluding hydrogens is 334 g/mol. The zero-order valence-corrected chi connectivity index (χ0v) is 14.2. The van der Waals surface area contributed by atoms with Crippen LogP contribution in [0.3, 0.4) is 0 Å². The fourth-order valence-electron chi connectivity index (χ4n) is 2.70. The topological polar surface area (TPSA) is 96.3 Å². The molecule has 0 aliphatic carbocycles. The summed E-state index contributed by atoms with van der Waals surface area (Å²) in [6.45, 7) is 2.46. The molecule has 3 rings (SSSR count). The predicted octanol–water partition coefficient (Wildman–Crippen LogP) is 2.73. The highest BCUT2D eigenvalue weighted by atomic mass is 35.5. The normalized spacial score (nSPS) is 14.8. The summed E-state index contributed by atoms with van der Waals surface area (Å²) in [5, 5.41) is 10.9. The second kappa shape index (κ2) is 6.16. The van der Waals surface area contributed by atoms with Crippen molar-refractivity contribution in [1.29, 1.82) is 0 Å². The maximum atomic E-state index is 12.1. The van der Waals surface area contributed by atoms with E-state index in [1.807, 2.05) is 6.92 Å². The van der Waals surface area contributed by atoms with Crippen LogP contribution in [0.4, 0.5) is 5.69 Å². The van der Waals surface area contributed by atoms with Gasteiger partial charge < -0.3 is 19.6 Å². The van der Waals surface area contributed by atoms with E-state index in [-0.39, 0.29) is 10.7 Å². The maximum absolute atomic E-state index is 12.1. The summed E-state index contributed by atoms with van der Waals surface area (Å²) in [5.41, 5.74) is 0.766. The number of hydrogen-bond acceptors (Lipinski definition) is 6. The molecule has 1 aliphatic rings. The van der Waals surface area contributed by atoms with Crippen molar-refractivity contribution in [3.05, 3.63) is 22.0 Å². The van der Waals surface area contributed by atoms with Crippen molar-refractivity contribution in [2.45, 2.75) is 13.3 Å². The highest BCUT2D eigenvalue weighted by Gasteiger charge is 2.29. The van der Waals surface area contributed by atoms with Crippen molar-refractivity contribution in [2.75, 3.05) is 20.8 Å². The Hall–Kier alpha value is -2.54. The van der Waals surface area contributed by atoms with Gasteiger partial charge >= 0.3 is 0 Å². The van der Waals surface area contributed by atoms with Crippen LogP contribution >= 0.6 is 11.6 Å². The van der Waals surface area contributed by atoms with Gasteiger partial charge in [-0.2, -0.15) is 0 Å². The highest BCUT2D eigenvalue weighted by molar-refractivity contribution is 6.87. The summed E-state index contributed by atoms with van der Waals surface area (Å²) in [5.74, 6) is 0.318. The Morgan fingerprint density at radius 1 is 1.38 bits per heavy atom. The number of aromatic amines is 1. The number of aromatic nitrogens is 1. The zero-order valence-electron chi connectivity index (χ0n) is 13.4. The first-order valence-corrected chi connectivity index (χ1v) is 7.74. The first kappa shape index (κ1) is 16.3. The third-order valence-corrected chi connectivity index (χ3v) is 3.99. The number of pyridine rings is 1. The van der Waals surface area contributed by atoms with Gasteiger partial charge in [0.1, 0.15) is 11.4 Å². The van der Waals surface area contributed by atoms with E-state index in [9.17, 15) is 9.90 Å². The molecule has 0 amide bonds. The van der Waals surface area contributed by atoms with Crippen LogP contribution in [-0.2, 0) is 0 Å². The number of aromatic hydroxyl groups is 1. The Bertz CT molecular complexity index is 947. The van der Waals surface area contributed by atoms with Gasteiger partial charge in [-0.25, -0.2) is 4.99 Å². The van der Waals surface area contributed by atoms with Crippen LogP contribution in [0.5, 0.6) is 17.2 Å². The predicted molar refractivity (Wildman–Crippen MR) is 94.0 cm³/mol. The van der Waals surface area contributed by atoms with E-state index in [4.69, 9.17) is 21.1 Å². The van der Waals surface area contributed by atoms with Crippen molar-refractivity contribution in [1.82, 2.24) is 4.98 Å². The molecular formula is C16H16ClN3O4. The molecule has 8 heteroatoms. The Balaban J connectivity index is 2.51. The van der Waals surface area contributed by atoms with E-state index in [1.165, 1.54) is 14.2 Å². The monoisotopic (exact) mass is 349 g/mol.